The van der Waals surface area contributed by atoms with Crippen LogP contribution in [0.4, 0.5) is 42.5 Å². The van der Waals surface area contributed by atoms with Gasteiger partial charge in [-0.2, -0.15) is 26.3 Å². The van der Waals surface area contributed by atoms with Crippen molar-refractivity contribution in [1.29, 1.82) is 0 Å². The minimum Gasteiger partial charge on any atom is -0.398 e. The highest BCUT2D eigenvalue weighted by molar-refractivity contribution is 5.89. The number of carbonyl (C=O) groups is 1. The quantitative estimate of drug-likeness (QED) is 0.580. The summed E-state index contributed by atoms with van der Waals surface area (Å²) in [5, 5.41) is 3.30. The summed E-state index contributed by atoms with van der Waals surface area (Å²) in [5.74, 6) is 0. The zero-order chi connectivity index (χ0) is 15.6. The van der Waals surface area contributed by atoms with E-state index < -0.39 is 36.2 Å². The van der Waals surface area contributed by atoms with E-state index in [1.54, 1.807) is 0 Å². The number of hydrogen-bond acceptors (Lipinski definition) is 2. The minimum absolute atomic E-state index is 0.328. The maximum Gasteiger partial charge on any atom is 0.418 e. The summed E-state index contributed by atoms with van der Waals surface area (Å²) in [6.07, 6.45) is -9.35. The number of nitrogens with one attached hydrogen (secondary N) is 2. The molecule has 20 heavy (non-hydrogen) atoms. The molecule has 0 radical (unpaired) electrons. The van der Waals surface area contributed by atoms with Gasteiger partial charge in [-0.25, -0.2) is 4.79 Å². The fourth-order valence-electron chi connectivity index (χ4n) is 1.24. The first-order valence-electron chi connectivity index (χ1n) is 5.07. The van der Waals surface area contributed by atoms with Crippen LogP contribution in [0.1, 0.15) is 5.56 Å². The smallest absolute Gasteiger partial charge is 0.398 e. The molecule has 0 aliphatic heterocycles. The Bertz CT molecular complexity index is 497. The molecular formula is C10H9F6N3O. The molecule has 0 atom stereocenters. The zero-order valence-corrected chi connectivity index (χ0v) is 9.69. The molecule has 0 saturated carbocycles. The van der Waals surface area contributed by atoms with Gasteiger partial charge in [0.2, 0.25) is 0 Å². The molecule has 0 saturated heterocycles. The van der Waals surface area contributed by atoms with Gasteiger partial charge in [0.25, 0.3) is 0 Å². The minimum atomic E-state index is -4.73. The van der Waals surface area contributed by atoms with Crippen LogP contribution in [0.2, 0.25) is 0 Å². The van der Waals surface area contributed by atoms with Crippen LogP contribution < -0.4 is 16.4 Å². The molecule has 0 aromatic heterocycles. The number of benzene rings is 1. The molecule has 112 valence electrons. The van der Waals surface area contributed by atoms with Gasteiger partial charge in [0.05, 0.1) is 5.56 Å². The van der Waals surface area contributed by atoms with Gasteiger partial charge in [0.15, 0.2) is 0 Å². The Morgan fingerprint density at radius 3 is 2.25 bits per heavy atom. The summed E-state index contributed by atoms with van der Waals surface area (Å²) in [6.45, 7) is -1.60. The fraction of sp³-hybridized carbons (Fsp3) is 0.300. The molecule has 4 nitrogen and oxygen atoms in total. The first-order chi connectivity index (χ1) is 8.99. The number of amides is 2. The predicted molar refractivity (Wildman–Crippen MR) is 58.9 cm³/mol. The fourth-order valence-corrected chi connectivity index (χ4v) is 1.24. The number of carbonyl (C=O) groups excluding carboxylic acids is 1. The van der Waals surface area contributed by atoms with E-state index >= 15 is 0 Å². The molecule has 0 heterocycles. The van der Waals surface area contributed by atoms with Crippen molar-refractivity contribution in [3.63, 3.8) is 0 Å². The molecular weight excluding hydrogens is 292 g/mol. The van der Waals surface area contributed by atoms with Gasteiger partial charge in [-0.15, -0.1) is 0 Å². The number of urea groups is 1. The molecule has 4 N–H and O–H groups in total. The molecule has 0 aliphatic carbocycles. The van der Waals surface area contributed by atoms with Gasteiger partial charge in [0, 0.05) is 11.4 Å². The monoisotopic (exact) mass is 301 g/mol. The van der Waals surface area contributed by atoms with Crippen LogP contribution >= 0.6 is 0 Å². The van der Waals surface area contributed by atoms with E-state index in [0.29, 0.717) is 6.07 Å². The van der Waals surface area contributed by atoms with Crippen LogP contribution in [0.15, 0.2) is 18.2 Å². The summed E-state index contributed by atoms with van der Waals surface area (Å²) < 4.78 is 73.0. The standard InChI is InChI=1S/C10H9F6N3O/c11-9(12,13)4-18-8(20)19-5-1-2-7(17)6(3-5)10(14,15)16/h1-3H,4,17H2,(H2,18,19,20). The van der Waals surface area contributed by atoms with E-state index in [1.165, 1.54) is 5.32 Å². The van der Waals surface area contributed by atoms with Gasteiger partial charge in [-0.3, -0.25) is 0 Å². The van der Waals surface area contributed by atoms with E-state index in [4.69, 9.17) is 5.73 Å². The van der Waals surface area contributed by atoms with Gasteiger partial charge < -0.3 is 16.4 Å². The number of nitrogens with two attached hydrogens (primary N) is 1. The molecule has 0 aliphatic rings. The summed E-state index contributed by atoms with van der Waals surface area (Å²) in [7, 11) is 0. The van der Waals surface area contributed by atoms with Crippen LogP contribution in [0.3, 0.4) is 0 Å². The van der Waals surface area contributed by atoms with Gasteiger partial charge in [-0.1, -0.05) is 0 Å². The van der Waals surface area contributed by atoms with Crippen molar-refractivity contribution in [3.05, 3.63) is 23.8 Å². The van der Waals surface area contributed by atoms with Crippen LogP contribution in [0.25, 0.3) is 0 Å². The number of hydrogen-bond donors (Lipinski definition) is 3. The number of rotatable bonds is 2. The second kappa shape index (κ2) is 5.47. The number of halogens is 6. The Kier molecular flexibility index (Phi) is 4.36. The van der Waals surface area contributed by atoms with Crippen molar-refractivity contribution < 1.29 is 31.1 Å². The highest BCUT2D eigenvalue weighted by atomic mass is 19.4. The lowest BCUT2D eigenvalue weighted by molar-refractivity contribution is -0.136. The average molecular weight is 301 g/mol. The summed E-state index contributed by atoms with van der Waals surface area (Å²) >= 11 is 0. The van der Waals surface area contributed by atoms with E-state index in [9.17, 15) is 31.1 Å². The molecule has 10 heteroatoms. The first kappa shape index (κ1) is 15.9. The largest absolute Gasteiger partial charge is 0.418 e. The topological polar surface area (TPSA) is 67.1 Å². The van der Waals surface area contributed by atoms with Gasteiger partial charge in [0.1, 0.15) is 6.54 Å². The lowest BCUT2D eigenvalue weighted by Gasteiger charge is -2.13. The van der Waals surface area contributed by atoms with Crippen molar-refractivity contribution in [3.8, 4) is 0 Å². The Morgan fingerprint density at radius 2 is 1.75 bits per heavy atom. The average Bonchev–Trinajstić information content (AvgIpc) is 2.27. The highest BCUT2D eigenvalue weighted by Gasteiger charge is 2.33. The van der Waals surface area contributed by atoms with Crippen molar-refractivity contribution in [2.75, 3.05) is 17.6 Å². The van der Waals surface area contributed by atoms with E-state index in [-0.39, 0.29) is 5.69 Å². The number of alkyl halides is 6. The predicted octanol–water partition coefficient (Wildman–Crippen LogP) is 2.97. The molecule has 0 bridgehead atoms. The van der Waals surface area contributed by atoms with Crippen LogP contribution in [0.5, 0.6) is 0 Å². The van der Waals surface area contributed by atoms with Crippen LogP contribution in [-0.4, -0.2) is 18.8 Å². The number of anilines is 2. The van der Waals surface area contributed by atoms with Crippen LogP contribution in [-0.2, 0) is 6.18 Å². The second-order valence-corrected chi connectivity index (χ2v) is 3.72. The second-order valence-electron chi connectivity index (χ2n) is 3.72. The zero-order valence-electron chi connectivity index (χ0n) is 9.69. The van der Waals surface area contributed by atoms with Gasteiger partial charge >= 0.3 is 18.4 Å². The molecule has 1 aromatic rings. The molecule has 0 unspecified atom stereocenters. The lowest BCUT2D eigenvalue weighted by Crippen LogP contribution is -2.36. The highest BCUT2D eigenvalue weighted by Crippen LogP contribution is 2.35. The van der Waals surface area contributed by atoms with Crippen molar-refractivity contribution >= 4 is 17.4 Å². The Balaban J connectivity index is 2.77. The van der Waals surface area contributed by atoms with E-state index in [1.807, 2.05) is 5.32 Å². The summed E-state index contributed by atoms with van der Waals surface area (Å²) in [4.78, 5) is 11.1. The molecule has 1 rings (SSSR count). The third kappa shape index (κ3) is 4.86. The number of nitrogen functional groups attached to an aromatic ring is 1. The van der Waals surface area contributed by atoms with E-state index in [2.05, 4.69) is 0 Å². The van der Waals surface area contributed by atoms with Crippen LogP contribution in [0, 0.1) is 0 Å². The first-order valence-corrected chi connectivity index (χ1v) is 5.07. The Hall–Kier alpha value is -2.13. The molecule has 2 amide bonds. The Morgan fingerprint density at radius 1 is 1.15 bits per heavy atom. The van der Waals surface area contributed by atoms with Crippen molar-refractivity contribution in [2.24, 2.45) is 0 Å². The Labute approximate surface area is 108 Å². The van der Waals surface area contributed by atoms with E-state index in [0.717, 1.165) is 12.1 Å². The maximum absolute atomic E-state index is 12.5. The molecule has 1 aromatic carbocycles. The summed E-state index contributed by atoms with van der Waals surface area (Å²) in [5.41, 5.74) is 3.05. The van der Waals surface area contributed by atoms with Gasteiger partial charge in [-0.05, 0) is 18.2 Å². The molecule has 0 fully saturated rings. The maximum atomic E-state index is 12.5. The normalized spacial score (nSPS) is 12.1. The van der Waals surface area contributed by atoms with Crippen molar-refractivity contribution in [2.45, 2.75) is 12.4 Å². The van der Waals surface area contributed by atoms with Crippen molar-refractivity contribution in [1.82, 2.24) is 5.32 Å². The lowest BCUT2D eigenvalue weighted by atomic mass is 10.1. The molecule has 0 spiro atoms. The third-order valence-corrected chi connectivity index (χ3v) is 2.07. The third-order valence-electron chi connectivity index (χ3n) is 2.07. The SMILES string of the molecule is Nc1ccc(NC(=O)NCC(F)(F)F)cc1C(F)(F)F. The summed E-state index contributed by atoms with van der Waals surface area (Å²) in [6, 6.07) is 1.18.